The Morgan fingerprint density at radius 1 is 1.25 bits per heavy atom. The molecular formula is C16H23N3O. The summed E-state index contributed by atoms with van der Waals surface area (Å²) in [7, 11) is 0. The molecule has 0 radical (unpaired) electrons. The van der Waals surface area contributed by atoms with Crippen LogP contribution in [0.1, 0.15) is 49.9 Å². The number of rotatable bonds is 7. The SMILES string of the molecule is CCOc1ccc(CC)cc1C(CC)Cc1cn[nH]n1. The maximum absolute atomic E-state index is 5.79. The van der Waals surface area contributed by atoms with E-state index in [4.69, 9.17) is 4.74 Å². The van der Waals surface area contributed by atoms with Gasteiger partial charge in [0.1, 0.15) is 5.75 Å². The van der Waals surface area contributed by atoms with E-state index in [1.54, 1.807) is 6.20 Å². The Morgan fingerprint density at radius 3 is 2.70 bits per heavy atom. The number of benzene rings is 1. The van der Waals surface area contributed by atoms with Gasteiger partial charge >= 0.3 is 0 Å². The van der Waals surface area contributed by atoms with Crippen molar-refractivity contribution in [2.45, 2.75) is 46.0 Å². The van der Waals surface area contributed by atoms with Crippen LogP contribution in [0.5, 0.6) is 5.75 Å². The maximum atomic E-state index is 5.79. The lowest BCUT2D eigenvalue weighted by atomic mass is 9.90. The molecule has 4 nitrogen and oxygen atoms in total. The zero-order valence-corrected chi connectivity index (χ0v) is 12.5. The van der Waals surface area contributed by atoms with Crippen LogP contribution in [-0.2, 0) is 12.8 Å². The highest BCUT2D eigenvalue weighted by Crippen LogP contribution is 2.32. The average molecular weight is 273 g/mol. The molecule has 0 amide bonds. The summed E-state index contributed by atoms with van der Waals surface area (Å²) in [5.74, 6) is 1.41. The minimum absolute atomic E-state index is 0.410. The number of ether oxygens (including phenoxy) is 1. The second kappa shape index (κ2) is 7.08. The molecule has 0 aliphatic heterocycles. The molecule has 0 saturated carbocycles. The largest absolute Gasteiger partial charge is 0.494 e. The highest BCUT2D eigenvalue weighted by Gasteiger charge is 2.17. The Hall–Kier alpha value is -1.84. The van der Waals surface area contributed by atoms with Crippen LogP contribution >= 0.6 is 0 Å². The first-order chi connectivity index (χ1) is 9.78. The number of hydrogen-bond acceptors (Lipinski definition) is 3. The van der Waals surface area contributed by atoms with E-state index in [9.17, 15) is 0 Å². The quantitative estimate of drug-likeness (QED) is 0.840. The molecule has 20 heavy (non-hydrogen) atoms. The lowest BCUT2D eigenvalue weighted by Crippen LogP contribution is -2.06. The first-order valence-corrected chi connectivity index (χ1v) is 7.38. The molecule has 1 heterocycles. The number of aromatic nitrogens is 3. The van der Waals surface area contributed by atoms with E-state index in [0.717, 1.165) is 30.7 Å². The molecule has 2 aromatic rings. The molecule has 0 bridgehead atoms. The molecule has 1 aromatic heterocycles. The molecule has 1 N–H and O–H groups in total. The van der Waals surface area contributed by atoms with Gasteiger partial charge < -0.3 is 4.74 Å². The third-order valence-electron chi connectivity index (χ3n) is 3.64. The van der Waals surface area contributed by atoms with Gasteiger partial charge in [-0.25, -0.2) is 0 Å². The average Bonchev–Trinajstić information content (AvgIpc) is 2.98. The van der Waals surface area contributed by atoms with E-state index >= 15 is 0 Å². The Morgan fingerprint density at radius 2 is 2.10 bits per heavy atom. The number of aryl methyl sites for hydroxylation is 1. The number of aromatic amines is 1. The number of H-pyrrole nitrogens is 1. The Kier molecular flexibility index (Phi) is 5.16. The van der Waals surface area contributed by atoms with E-state index in [2.05, 4.69) is 47.5 Å². The molecule has 0 saturated heterocycles. The third kappa shape index (κ3) is 3.38. The van der Waals surface area contributed by atoms with Gasteiger partial charge in [-0.05, 0) is 42.9 Å². The molecule has 0 fully saturated rings. The molecule has 1 aromatic carbocycles. The molecule has 1 unspecified atom stereocenters. The number of hydrogen-bond donors (Lipinski definition) is 1. The van der Waals surface area contributed by atoms with Crippen LogP contribution in [0.3, 0.4) is 0 Å². The van der Waals surface area contributed by atoms with Crippen LogP contribution in [0.4, 0.5) is 0 Å². The van der Waals surface area contributed by atoms with Crippen molar-refractivity contribution in [3.63, 3.8) is 0 Å². The first-order valence-electron chi connectivity index (χ1n) is 7.38. The highest BCUT2D eigenvalue weighted by molar-refractivity contribution is 5.40. The fourth-order valence-electron chi connectivity index (χ4n) is 2.47. The van der Waals surface area contributed by atoms with Crippen molar-refractivity contribution in [3.8, 4) is 5.75 Å². The third-order valence-corrected chi connectivity index (χ3v) is 3.64. The summed E-state index contributed by atoms with van der Waals surface area (Å²) < 4.78 is 5.79. The zero-order valence-electron chi connectivity index (χ0n) is 12.5. The standard InChI is InChI=1S/C16H23N3O/c1-4-12-7-8-16(20-6-3)15(9-12)13(5-2)10-14-11-17-19-18-14/h7-9,11,13H,4-6,10H2,1-3H3,(H,17,18,19). The molecule has 2 rings (SSSR count). The first kappa shape index (κ1) is 14.6. The van der Waals surface area contributed by atoms with Gasteiger partial charge in [-0.1, -0.05) is 26.0 Å². The molecule has 0 spiro atoms. The Labute approximate surface area is 120 Å². The van der Waals surface area contributed by atoms with Gasteiger partial charge in [0.15, 0.2) is 0 Å². The molecule has 0 aliphatic rings. The van der Waals surface area contributed by atoms with Crippen molar-refractivity contribution in [2.24, 2.45) is 0 Å². The summed E-state index contributed by atoms with van der Waals surface area (Å²) in [6.07, 6.45) is 4.78. The minimum atomic E-state index is 0.410. The van der Waals surface area contributed by atoms with Crippen molar-refractivity contribution in [1.29, 1.82) is 0 Å². The van der Waals surface area contributed by atoms with E-state index in [1.165, 1.54) is 11.1 Å². The summed E-state index contributed by atoms with van der Waals surface area (Å²) in [5, 5.41) is 10.7. The molecular weight excluding hydrogens is 250 g/mol. The lowest BCUT2D eigenvalue weighted by Gasteiger charge is -2.19. The Bertz CT molecular complexity index is 523. The van der Waals surface area contributed by atoms with Crippen molar-refractivity contribution in [3.05, 3.63) is 41.2 Å². The van der Waals surface area contributed by atoms with E-state index < -0.39 is 0 Å². The lowest BCUT2D eigenvalue weighted by molar-refractivity contribution is 0.333. The topological polar surface area (TPSA) is 50.8 Å². The van der Waals surface area contributed by atoms with Gasteiger partial charge in [0.25, 0.3) is 0 Å². The number of nitrogens with one attached hydrogen (secondary N) is 1. The second-order valence-corrected chi connectivity index (χ2v) is 4.93. The normalized spacial score (nSPS) is 12.3. The van der Waals surface area contributed by atoms with Gasteiger partial charge in [-0.15, -0.1) is 0 Å². The summed E-state index contributed by atoms with van der Waals surface area (Å²) >= 11 is 0. The van der Waals surface area contributed by atoms with Gasteiger partial charge in [0.05, 0.1) is 18.5 Å². The van der Waals surface area contributed by atoms with Crippen LogP contribution < -0.4 is 4.74 Å². The molecule has 4 heteroatoms. The van der Waals surface area contributed by atoms with Crippen molar-refractivity contribution in [2.75, 3.05) is 6.61 Å². The van der Waals surface area contributed by atoms with Gasteiger partial charge in [-0.3, -0.25) is 0 Å². The maximum Gasteiger partial charge on any atom is 0.122 e. The molecule has 108 valence electrons. The summed E-state index contributed by atoms with van der Waals surface area (Å²) in [4.78, 5) is 0. The van der Waals surface area contributed by atoms with E-state index in [1.807, 2.05) is 6.92 Å². The smallest absolute Gasteiger partial charge is 0.122 e. The zero-order chi connectivity index (χ0) is 14.4. The fraction of sp³-hybridized carbons (Fsp3) is 0.500. The Balaban J connectivity index is 2.30. The predicted octanol–water partition coefficient (Wildman–Crippen LogP) is 3.50. The van der Waals surface area contributed by atoms with Crippen molar-refractivity contribution in [1.82, 2.24) is 15.4 Å². The molecule has 0 aliphatic carbocycles. The van der Waals surface area contributed by atoms with Crippen molar-refractivity contribution < 1.29 is 4.74 Å². The van der Waals surface area contributed by atoms with E-state index in [0.29, 0.717) is 12.5 Å². The van der Waals surface area contributed by atoms with Crippen LogP contribution in [0, 0.1) is 0 Å². The predicted molar refractivity (Wildman–Crippen MR) is 80.1 cm³/mol. The van der Waals surface area contributed by atoms with Crippen LogP contribution in [0.2, 0.25) is 0 Å². The monoisotopic (exact) mass is 273 g/mol. The van der Waals surface area contributed by atoms with Gasteiger partial charge in [0.2, 0.25) is 0 Å². The highest BCUT2D eigenvalue weighted by atomic mass is 16.5. The van der Waals surface area contributed by atoms with Crippen molar-refractivity contribution >= 4 is 0 Å². The van der Waals surface area contributed by atoms with Gasteiger partial charge in [-0.2, -0.15) is 15.4 Å². The second-order valence-electron chi connectivity index (χ2n) is 4.93. The van der Waals surface area contributed by atoms with Crippen LogP contribution in [0.25, 0.3) is 0 Å². The van der Waals surface area contributed by atoms with E-state index in [-0.39, 0.29) is 0 Å². The van der Waals surface area contributed by atoms with Crippen LogP contribution in [-0.4, -0.2) is 22.0 Å². The minimum Gasteiger partial charge on any atom is -0.494 e. The van der Waals surface area contributed by atoms with Crippen LogP contribution in [0.15, 0.2) is 24.4 Å². The molecule has 1 atom stereocenters. The fourth-order valence-corrected chi connectivity index (χ4v) is 2.47. The summed E-state index contributed by atoms with van der Waals surface area (Å²) in [6.45, 7) is 7.10. The summed E-state index contributed by atoms with van der Waals surface area (Å²) in [5.41, 5.74) is 3.64. The summed E-state index contributed by atoms with van der Waals surface area (Å²) in [6, 6.07) is 6.53. The van der Waals surface area contributed by atoms with Gasteiger partial charge in [0, 0.05) is 6.42 Å². The number of nitrogens with zero attached hydrogens (tertiary/aromatic N) is 2.